The Morgan fingerprint density at radius 2 is 2.50 bits per heavy atom. The van der Waals surface area contributed by atoms with Crippen LogP contribution in [0.1, 0.15) is 6.92 Å². The van der Waals surface area contributed by atoms with Gasteiger partial charge in [-0.2, -0.15) is 9.71 Å². The molecule has 0 aromatic carbocycles. The molecule has 0 aliphatic heterocycles. The first-order chi connectivity index (χ1) is 5.63. The molecule has 0 rings (SSSR count). The van der Waals surface area contributed by atoms with E-state index in [-0.39, 0.29) is 6.61 Å². The molecule has 1 unspecified atom stereocenters. The highest BCUT2D eigenvalue weighted by Gasteiger charge is 2.22. The Hall–Kier alpha value is -1.46. The van der Waals surface area contributed by atoms with E-state index in [4.69, 9.17) is 15.4 Å². The number of methoxy groups -OCH3 is 1. The third-order valence-electron chi connectivity index (χ3n) is 1.16. The van der Waals surface area contributed by atoms with Crippen molar-refractivity contribution < 1.29 is 14.6 Å². The van der Waals surface area contributed by atoms with E-state index in [0.29, 0.717) is 5.01 Å². The van der Waals surface area contributed by atoms with Crippen LogP contribution in [-0.2, 0) is 4.74 Å². The molecule has 0 saturated heterocycles. The molecule has 0 aromatic heterocycles. The van der Waals surface area contributed by atoms with Gasteiger partial charge in [0.25, 0.3) is 0 Å². The minimum absolute atomic E-state index is 0.186. The van der Waals surface area contributed by atoms with Crippen LogP contribution in [0.15, 0.2) is 5.22 Å². The van der Waals surface area contributed by atoms with E-state index >= 15 is 0 Å². The molecule has 0 aliphatic rings. The minimum atomic E-state index is -1.29. The van der Waals surface area contributed by atoms with Crippen LogP contribution in [-0.4, -0.2) is 36.0 Å². The normalized spacial score (nSPS) is 11.5. The van der Waals surface area contributed by atoms with Crippen LogP contribution in [0, 0.1) is 0 Å². The summed E-state index contributed by atoms with van der Waals surface area (Å²) in [6.45, 7) is 1.76. The summed E-state index contributed by atoms with van der Waals surface area (Å²) in [7, 11) is 1.44. The Balaban J connectivity index is 4.28. The van der Waals surface area contributed by atoms with Crippen molar-refractivity contribution in [2.45, 2.75) is 13.0 Å². The Kier molecular flexibility index (Phi) is 4.59. The van der Waals surface area contributed by atoms with Crippen LogP contribution in [0.2, 0.25) is 0 Å². The molecule has 12 heavy (non-hydrogen) atoms. The van der Waals surface area contributed by atoms with E-state index < -0.39 is 12.1 Å². The van der Waals surface area contributed by atoms with Gasteiger partial charge in [0.15, 0.2) is 0 Å². The molecule has 0 aliphatic carbocycles. The number of hydrogen-bond donors (Lipinski definition) is 1. The summed E-state index contributed by atoms with van der Waals surface area (Å²) in [6, 6.07) is -0.483. The van der Waals surface area contributed by atoms with Crippen molar-refractivity contribution in [1.82, 2.24) is 5.01 Å². The van der Waals surface area contributed by atoms with Gasteiger partial charge < -0.3 is 9.84 Å². The smallest absolute Gasteiger partial charge is 0.446 e. The third kappa shape index (κ3) is 3.09. The zero-order valence-corrected chi connectivity index (χ0v) is 6.84. The topological polar surface area (TPSA) is 98.5 Å². The predicted molar refractivity (Wildman–Crippen MR) is 40.3 cm³/mol. The zero-order valence-electron chi connectivity index (χ0n) is 6.84. The van der Waals surface area contributed by atoms with Crippen LogP contribution in [0.4, 0.5) is 4.79 Å². The molecule has 0 aromatic rings. The van der Waals surface area contributed by atoms with Crippen molar-refractivity contribution in [3.05, 3.63) is 10.4 Å². The number of rotatable bonds is 4. The fourth-order valence-corrected chi connectivity index (χ4v) is 0.670. The van der Waals surface area contributed by atoms with Crippen molar-refractivity contribution in [3.8, 4) is 0 Å². The molecule has 0 fully saturated rings. The summed E-state index contributed by atoms with van der Waals surface area (Å²) in [4.78, 5) is 12.8. The van der Waals surface area contributed by atoms with Crippen LogP contribution in [0.5, 0.6) is 0 Å². The SMILES string of the molecule is COCC(C)N(N=[N+]=[N-])C(=O)O. The third-order valence-corrected chi connectivity index (χ3v) is 1.16. The number of hydrogen-bond acceptors (Lipinski definition) is 3. The molecule has 1 atom stereocenters. The van der Waals surface area contributed by atoms with E-state index in [2.05, 4.69) is 10.1 Å². The van der Waals surface area contributed by atoms with Crippen molar-refractivity contribution >= 4 is 6.09 Å². The highest BCUT2D eigenvalue weighted by Crippen LogP contribution is 2.00. The number of carboxylic acid groups (broad SMARTS) is 1. The van der Waals surface area contributed by atoms with Crippen LogP contribution < -0.4 is 0 Å². The van der Waals surface area contributed by atoms with Gasteiger partial charge in [0.05, 0.1) is 6.61 Å². The monoisotopic (exact) mass is 174 g/mol. The van der Waals surface area contributed by atoms with Crippen molar-refractivity contribution in [2.75, 3.05) is 13.7 Å². The van der Waals surface area contributed by atoms with Gasteiger partial charge in [-0.25, -0.2) is 0 Å². The number of azide groups is 1. The van der Waals surface area contributed by atoms with Crippen molar-refractivity contribution in [2.24, 2.45) is 5.22 Å². The van der Waals surface area contributed by atoms with E-state index in [0.717, 1.165) is 0 Å². The summed E-state index contributed by atoms with van der Waals surface area (Å²) in [5.74, 6) is 0. The molecule has 0 heterocycles. The average molecular weight is 174 g/mol. The molecule has 0 radical (unpaired) electrons. The lowest BCUT2D eigenvalue weighted by Gasteiger charge is -2.14. The first-order valence-electron chi connectivity index (χ1n) is 3.19. The standard InChI is InChI=1S/C5H10N4O3/c1-4(3-12-2)9(5(10)11)8-7-6/h4H,3H2,1-2H3,(H,10,11). The summed E-state index contributed by atoms with van der Waals surface area (Å²) in [5, 5.41) is 12.1. The largest absolute Gasteiger partial charge is 0.508 e. The average Bonchev–Trinajstić information content (AvgIpc) is 1.99. The van der Waals surface area contributed by atoms with Gasteiger partial charge in [0.1, 0.15) is 6.04 Å². The maximum Gasteiger partial charge on any atom is 0.508 e. The molecule has 0 saturated carbocycles. The van der Waals surface area contributed by atoms with E-state index in [1.807, 2.05) is 0 Å². The lowest BCUT2D eigenvalue weighted by atomic mass is 10.4. The van der Waals surface area contributed by atoms with E-state index in [1.54, 1.807) is 6.92 Å². The number of nitrogens with zero attached hydrogens (tertiary/aromatic N) is 4. The molecule has 7 nitrogen and oxygen atoms in total. The second-order valence-electron chi connectivity index (χ2n) is 2.11. The first-order valence-corrected chi connectivity index (χ1v) is 3.19. The highest BCUT2D eigenvalue weighted by atomic mass is 16.5. The summed E-state index contributed by atoms with van der Waals surface area (Å²) >= 11 is 0. The molecule has 0 spiro atoms. The maximum absolute atomic E-state index is 10.4. The van der Waals surface area contributed by atoms with Gasteiger partial charge >= 0.3 is 6.09 Å². The molecular weight excluding hydrogens is 164 g/mol. The molecule has 1 amide bonds. The van der Waals surface area contributed by atoms with Gasteiger partial charge in [0.2, 0.25) is 0 Å². The van der Waals surface area contributed by atoms with Gasteiger partial charge in [0, 0.05) is 7.11 Å². The molecule has 1 N–H and O–H groups in total. The summed E-state index contributed by atoms with van der Waals surface area (Å²) in [6.07, 6.45) is -1.29. The van der Waals surface area contributed by atoms with Crippen molar-refractivity contribution in [3.63, 3.8) is 0 Å². The number of carbonyl (C=O) groups is 1. The quantitative estimate of drug-likeness (QED) is 0.300. The summed E-state index contributed by atoms with van der Waals surface area (Å²) < 4.78 is 4.69. The highest BCUT2D eigenvalue weighted by molar-refractivity contribution is 5.64. The Morgan fingerprint density at radius 1 is 1.92 bits per heavy atom. The lowest BCUT2D eigenvalue weighted by molar-refractivity contribution is 0.0867. The molecule has 7 heteroatoms. The van der Waals surface area contributed by atoms with E-state index in [9.17, 15) is 4.79 Å². The maximum atomic E-state index is 10.4. The lowest BCUT2D eigenvalue weighted by Crippen LogP contribution is -2.35. The van der Waals surface area contributed by atoms with Crippen molar-refractivity contribution in [1.29, 1.82) is 0 Å². The molecule has 68 valence electrons. The van der Waals surface area contributed by atoms with Gasteiger partial charge in [-0.05, 0) is 12.1 Å². The number of ether oxygens (including phenoxy) is 1. The predicted octanol–water partition coefficient (Wildman–Crippen LogP) is 1.23. The second kappa shape index (κ2) is 5.22. The Labute approximate surface area is 69.1 Å². The zero-order chi connectivity index (χ0) is 9.56. The fourth-order valence-electron chi connectivity index (χ4n) is 0.670. The molecular formula is C5H10N4O3. The fraction of sp³-hybridized carbons (Fsp3) is 0.800. The van der Waals surface area contributed by atoms with E-state index in [1.165, 1.54) is 7.11 Å². The van der Waals surface area contributed by atoms with Crippen LogP contribution >= 0.6 is 0 Å². The van der Waals surface area contributed by atoms with Crippen LogP contribution in [0.3, 0.4) is 0 Å². The Morgan fingerprint density at radius 3 is 2.83 bits per heavy atom. The first kappa shape index (κ1) is 10.5. The van der Waals surface area contributed by atoms with Crippen LogP contribution in [0.25, 0.3) is 10.4 Å². The van der Waals surface area contributed by atoms with Gasteiger partial charge in [-0.1, -0.05) is 0 Å². The number of amides is 1. The second-order valence-corrected chi connectivity index (χ2v) is 2.11. The van der Waals surface area contributed by atoms with Gasteiger partial charge in [-0.15, -0.1) is 10.5 Å². The van der Waals surface area contributed by atoms with Gasteiger partial charge in [-0.3, -0.25) is 0 Å². The minimum Gasteiger partial charge on any atom is -0.446 e. The summed E-state index contributed by atoms with van der Waals surface area (Å²) in [5.41, 5.74) is 8.02. The Bertz CT molecular complexity index is 199. The molecule has 0 bridgehead atoms.